The second-order valence-corrected chi connectivity index (χ2v) is 6.01. The Bertz CT molecular complexity index is 455. The average Bonchev–Trinajstić information content (AvgIpc) is 2.97. The Balaban J connectivity index is 1.60. The molecule has 0 aliphatic heterocycles. The van der Waals surface area contributed by atoms with E-state index in [0.717, 1.165) is 30.4 Å². The number of hydrogen-bond donors (Lipinski definition) is 2. The third-order valence-corrected chi connectivity index (χ3v) is 4.18. The van der Waals surface area contributed by atoms with Gasteiger partial charge in [-0.05, 0) is 44.5 Å². The Hall–Kier alpha value is -1.39. The van der Waals surface area contributed by atoms with Gasteiger partial charge in [-0.25, -0.2) is 0 Å². The first kappa shape index (κ1) is 16.0. The zero-order valence-electron chi connectivity index (χ0n) is 13.2. The number of carbonyl (C=O) groups excluding carboxylic acids is 1. The highest BCUT2D eigenvalue weighted by Crippen LogP contribution is 2.21. The van der Waals surface area contributed by atoms with Crippen molar-refractivity contribution in [1.82, 2.24) is 10.2 Å². The molecule has 0 unspecified atom stereocenters. The summed E-state index contributed by atoms with van der Waals surface area (Å²) in [7, 11) is 2.19. The number of amides is 1. The Labute approximate surface area is 127 Å². The van der Waals surface area contributed by atoms with Crippen molar-refractivity contribution in [2.75, 3.05) is 32.0 Å². The van der Waals surface area contributed by atoms with Crippen LogP contribution in [0, 0.1) is 6.92 Å². The van der Waals surface area contributed by atoms with Gasteiger partial charge in [-0.15, -0.1) is 0 Å². The number of nitrogens with zero attached hydrogens (tertiary/aromatic N) is 1. The van der Waals surface area contributed by atoms with Gasteiger partial charge >= 0.3 is 0 Å². The highest BCUT2D eigenvalue weighted by Gasteiger charge is 2.18. The van der Waals surface area contributed by atoms with E-state index in [9.17, 15) is 4.79 Å². The summed E-state index contributed by atoms with van der Waals surface area (Å²) in [6.45, 7) is 4.25. The van der Waals surface area contributed by atoms with Crippen molar-refractivity contribution < 1.29 is 4.79 Å². The van der Waals surface area contributed by atoms with Crippen LogP contribution in [0.1, 0.15) is 31.2 Å². The first-order valence-corrected chi connectivity index (χ1v) is 7.92. The second-order valence-electron chi connectivity index (χ2n) is 6.01. The molecule has 1 aliphatic carbocycles. The van der Waals surface area contributed by atoms with Crippen LogP contribution in [-0.4, -0.2) is 43.5 Å². The molecule has 0 heterocycles. The number of likely N-dealkylation sites (N-methyl/N-ethyl adjacent to an activating group) is 1. The van der Waals surface area contributed by atoms with E-state index in [1.807, 2.05) is 31.2 Å². The molecule has 0 spiro atoms. The largest absolute Gasteiger partial charge is 0.325 e. The second kappa shape index (κ2) is 8.15. The minimum Gasteiger partial charge on any atom is -0.325 e. The van der Waals surface area contributed by atoms with E-state index in [2.05, 4.69) is 22.6 Å². The van der Waals surface area contributed by atoms with Gasteiger partial charge in [0.05, 0.1) is 6.54 Å². The summed E-state index contributed by atoms with van der Waals surface area (Å²) < 4.78 is 0. The van der Waals surface area contributed by atoms with Crippen LogP contribution in [0.5, 0.6) is 0 Å². The molecule has 0 aromatic heterocycles. The summed E-state index contributed by atoms with van der Waals surface area (Å²) in [5.74, 6) is 0.0177. The molecule has 1 amide bonds. The van der Waals surface area contributed by atoms with E-state index in [-0.39, 0.29) is 5.91 Å². The zero-order chi connectivity index (χ0) is 15.1. The van der Waals surface area contributed by atoms with Gasteiger partial charge in [0.25, 0.3) is 0 Å². The van der Waals surface area contributed by atoms with E-state index in [1.54, 1.807) is 0 Å². The van der Waals surface area contributed by atoms with Gasteiger partial charge in [-0.3, -0.25) is 4.79 Å². The Morgan fingerprint density at radius 2 is 2.10 bits per heavy atom. The number of rotatable bonds is 7. The van der Waals surface area contributed by atoms with E-state index in [4.69, 9.17) is 0 Å². The van der Waals surface area contributed by atoms with Crippen LogP contribution < -0.4 is 10.6 Å². The van der Waals surface area contributed by atoms with Crippen molar-refractivity contribution in [2.24, 2.45) is 0 Å². The molecule has 1 aromatic carbocycles. The Kier molecular flexibility index (Phi) is 6.21. The van der Waals surface area contributed by atoms with Crippen molar-refractivity contribution in [1.29, 1.82) is 0 Å². The molecule has 1 aromatic rings. The van der Waals surface area contributed by atoms with Gasteiger partial charge in [-0.2, -0.15) is 0 Å². The summed E-state index contributed by atoms with van der Waals surface area (Å²) in [5.41, 5.74) is 2.02. The van der Waals surface area contributed by atoms with Crippen LogP contribution >= 0.6 is 0 Å². The Morgan fingerprint density at radius 1 is 1.33 bits per heavy atom. The molecule has 2 rings (SSSR count). The van der Waals surface area contributed by atoms with Crippen LogP contribution in [0.15, 0.2) is 24.3 Å². The SMILES string of the molecule is Cc1cccc(NC(=O)CNCCN(C)C2CCCC2)c1. The lowest BCUT2D eigenvalue weighted by molar-refractivity contribution is -0.115. The molecule has 0 atom stereocenters. The molecule has 0 saturated heterocycles. The quantitative estimate of drug-likeness (QED) is 0.758. The molecule has 21 heavy (non-hydrogen) atoms. The van der Waals surface area contributed by atoms with E-state index >= 15 is 0 Å². The minimum atomic E-state index is 0.0177. The first-order valence-electron chi connectivity index (χ1n) is 7.92. The summed E-state index contributed by atoms with van der Waals surface area (Å²) in [6.07, 6.45) is 5.37. The summed E-state index contributed by atoms with van der Waals surface area (Å²) in [6, 6.07) is 8.61. The summed E-state index contributed by atoms with van der Waals surface area (Å²) in [5, 5.41) is 6.13. The lowest BCUT2D eigenvalue weighted by Crippen LogP contribution is -2.37. The Morgan fingerprint density at radius 3 is 2.81 bits per heavy atom. The number of benzene rings is 1. The predicted molar refractivity (Wildman–Crippen MR) is 87.6 cm³/mol. The van der Waals surface area contributed by atoms with Crippen LogP contribution in [0.25, 0.3) is 0 Å². The topological polar surface area (TPSA) is 44.4 Å². The molecule has 116 valence electrons. The van der Waals surface area contributed by atoms with Gasteiger partial charge < -0.3 is 15.5 Å². The standard InChI is InChI=1S/C17H27N3O/c1-14-6-5-7-15(12-14)19-17(21)13-18-10-11-20(2)16-8-3-4-9-16/h5-7,12,16,18H,3-4,8-11,13H2,1-2H3,(H,19,21). The fourth-order valence-electron chi connectivity index (χ4n) is 2.91. The molecule has 2 N–H and O–H groups in total. The number of anilines is 1. The maximum Gasteiger partial charge on any atom is 0.238 e. The predicted octanol–water partition coefficient (Wildman–Crippen LogP) is 2.40. The lowest BCUT2D eigenvalue weighted by Gasteiger charge is -2.23. The third kappa shape index (κ3) is 5.48. The van der Waals surface area contributed by atoms with E-state index in [0.29, 0.717) is 6.54 Å². The molecule has 0 bridgehead atoms. The molecule has 4 heteroatoms. The molecule has 1 aliphatic rings. The van der Waals surface area contributed by atoms with Crippen LogP contribution in [0.2, 0.25) is 0 Å². The third-order valence-electron chi connectivity index (χ3n) is 4.18. The fourth-order valence-corrected chi connectivity index (χ4v) is 2.91. The molecule has 0 radical (unpaired) electrons. The normalized spacial score (nSPS) is 15.6. The number of carbonyl (C=O) groups is 1. The van der Waals surface area contributed by atoms with Crippen molar-refractivity contribution in [3.8, 4) is 0 Å². The highest BCUT2D eigenvalue weighted by atomic mass is 16.1. The monoisotopic (exact) mass is 289 g/mol. The maximum atomic E-state index is 11.8. The van der Waals surface area contributed by atoms with Gasteiger partial charge in [0.2, 0.25) is 5.91 Å². The molecule has 1 saturated carbocycles. The van der Waals surface area contributed by atoms with Crippen LogP contribution in [0.4, 0.5) is 5.69 Å². The van der Waals surface area contributed by atoms with Gasteiger partial charge in [0.1, 0.15) is 0 Å². The van der Waals surface area contributed by atoms with Gasteiger partial charge in [0.15, 0.2) is 0 Å². The van der Waals surface area contributed by atoms with Crippen molar-refractivity contribution in [2.45, 2.75) is 38.6 Å². The number of hydrogen-bond acceptors (Lipinski definition) is 3. The summed E-state index contributed by atoms with van der Waals surface area (Å²) >= 11 is 0. The zero-order valence-corrected chi connectivity index (χ0v) is 13.2. The van der Waals surface area contributed by atoms with Crippen molar-refractivity contribution >= 4 is 11.6 Å². The molecular formula is C17H27N3O. The molecule has 1 fully saturated rings. The van der Waals surface area contributed by atoms with Crippen LogP contribution in [-0.2, 0) is 4.79 Å². The number of nitrogens with one attached hydrogen (secondary N) is 2. The highest BCUT2D eigenvalue weighted by molar-refractivity contribution is 5.92. The molecular weight excluding hydrogens is 262 g/mol. The van der Waals surface area contributed by atoms with Crippen molar-refractivity contribution in [3.63, 3.8) is 0 Å². The maximum absolute atomic E-state index is 11.8. The van der Waals surface area contributed by atoms with E-state index in [1.165, 1.54) is 25.7 Å². The lowest BCUT2D eigenvalue weighted by atomic mass is 10.2. The van der Waals surface area contributed by atoms with Crippen LogP contribution in [0.3, 0.4) is 0 Å². The average molecular weight is 289 g/mol. The van der Waals surface area contributed by atoms with Gasteiger partial charge in [-0.1, -0.05) is 25.0 Å². The smallest absolute Gasteiger partial charge is 0.238 e. The van der Waals surface area contributed by atoms with Crippen molar-refractivity contribution in [3.05, 3.63) is 29.8 Å². The minimum absolute atomic E-state index is 0.0177. The van der Waals surface area contributed by atoms with E-state index < -0.39 is 0 Å². The van der Waals surface area contributed by atoms with Gasteiger partial charge in [0, 0.05) is 24.8 Å². The summed E-state index contributed by atoms with van der Waals surface area (Å²) in [4.78, 5) is 14.3. The fraction of sp³-hybridized carbons (Fsp3) is 0.588. The number of aryl methyl sites for hydroxylation is 1. The first-order chi connectivity index (χ1) is 10.1. The molecule has 4 nitrogen and oxygen atoms in total.